The molecule has 0 N–H and O–H groups in total. The number of Topliss-reactive ketones (excluding diaryl/α,β-unsaturated/α-hetero) is 2. The van der Waals surface area contributed by atoms with Gasteiger partial charge in [-0.25, -0.2) is 0 Å². The largest absolute Gasteiger partial charge is 0.379 e. The summed E-state index contributed by atoms with van der Waals surface area (Å²) in [4.78, 5) is 31.1. The number of ether oxygens (including phenoxy) is 1. The molecule has 2 saturated heterocycles. The van der Waals surface area contributed by atoms with Crippen LogP contribution in [-0.2, 0) is 14.3 Å². The molecule has 1 unspecified atom stereocenters. The molecule has 2 fully saturated rings. The Morgan fingerprint density at radius 2 is 1.32 bits per heavy atom. The van der Waals surface area contributed by atoms with E-state index in [1.807, 2.05) is 13.8 Å². The quantitative estimate of drug-likeness (QED) is 0.610. The summed E-state index contributed by atoms with van der Waals surface area (Å²) in [5, 5.41) is 0. The van der Waals surface area contributed by atoms with Crippen molar-refractivity contribution in [2.75, 3.05) is 72.1 Å². The van der Waals surface area contributed by atoms with Gasteiger partial charge >= 0.3 is 0 Å². The summed E-state index contributed by atoms with van der Waals surface area (Å²) in [7, 11) is 0. The molecule has 0 amide bonds. The summed E-state index contributed by atoms with van der Waals surface area (Å²) < 4.78 is 5.33. The predicted molar refractivity (Wildman–Crippen MR) is 98.8 cm³/mol. The lowest BCUT2D eigenvalue weighted by Gasteiger charge is -2.35. The maximum Gasteiger partial charge on any atom is 0.149 e. The molecule has 0 aromatic rings. The molecule has 2 aliphatic heterocycles. The molecule has 2 aliphatic rings. The van der Waals surface area contributed by atoms with Gasteiger partial charge in [-0.15, -0.1) is 0 Å². The lowest BCUT2D eigenvalue weighted by molar-refractivity contribution is -0.125. The normalized spacial score (nSPS) is 22.2. The van der Waals surface area contributed by atoms with Gasteiger partial charge < -0.3 is 9.64 Å². The van der Waals surface area contributed by atoms with E-state index in [1.54, 1.807) is 0 Å². The van der Waals surface area contributed by atoms with E-state index in [0.29, 0.717) is 24.7 Å². The van der Waals surface area contributed by atoms with Crippen LogP contribution in [0.4, 0.5) is 0 Å². The Morgan fingerprint density at radius 3 is 1.92 bits per heavy atom. The third-order valence-electron chi connectivity index (χ3n) is 5.40. The number of morpholine rings is 1. The van der Waals surface area contributed by atoms with Gasteiger partial charge in [0.15, 0.2) is 0 Å². The molecule has 2 heterocycles. The molecule has 144 valence electrons. The lowest BCUT2D eigenvalue weighted by Crippen LogP contribution is -2.48. The third-order valence-corrected chi connectivity index (χ3v) is 5.40. The summed E-state index contributed by atoms with van der Waals surface area (Å²) in [6.07, 6.45) is 0.925. The molecule has 1 atom stereocenters. The monoisotopic (exact) mass is 353 g/mol. The van der Waals surface area contributed by atoms with Crippen molar-refractivity contribution in [2.24, 2.45) is 11.8 Å². The number of hydrogen-bond acceptors (Lipinski definition) is 6. The van der Waals surface area contributed by atoms with E-state index in [2.05, 4.69) is 21.6 Å². The first kappa shape index (κ1) is 20.5. The average Bonchev–Trinajstić information content (AvgIpc) is 2.61. The highest BCUT2D eigenvalue weighted by Gasteiger charge is 2.22. The number of hydrogen-bond donors (Lipinski definition) is 0. The Hall–Kier alpha value is -0.820. The minimum absolute atomic E-state index is 0.114. The van der Waals surface area contributed by atoms with Crippen molar-refractivity contribution in [3.05, 3.63) is 0 Å². The molecule has 6 nitrogen and oxygen atoms in total. The van der Waals surface area contributed by atoms with Crippen LogP contribution < -0.4 is 0 Å². The maximum absolute atomic E-state index is 12.4. The van der Waals surface area contributed by atoms with Crippen LogP contribution in [0.1, 0.15) is 27.2 Å². The van der Waals surface area contributed by atoms with Crippen LogP contribution in [0.3, 0.4) is 0 Å². The van der Waals surface area contributed by atoms with Crippen LogP contribution in [0.2, 0.25) is 0 Å². The Kier molecular flexibility index (Phi) is 8.49. The molecule has 2 rings (SSSR count). The van der Waals surface area contributed by atoms with Crippen LogP contribution in [0.25, 0.3) is 0 Å². The van der Waals surface area contributed by atoms with Gasteiger partial charge in [-0.3, -0.25) is 19.4 Å². The van der Waals surface area contributed by atoms with Gasteiger partial charge in [0, 0.05) is 51.1 Å². The van der Waals surface area contributed by atoms with Gasteiger partial charge in [0.2, 0.25) is 0 Å². The second kappa shape index (κ2) is 10.4. The molecular weight excluding hydrogens is 318 g/mol. The zero-order valence-corrected chi connectivity index (χ0v) is 16.2. The van der Waals surface area contributed by atoms with Crippen molar-refractivity contribution in [1.82, 2.24) is 14.7 Å². The molecular formula is C19H35N3O3. The van der Waals surface area contributed by atoms with E-state index in [-0.39, 0.29) is 11.8 Å². The summed E-state index contributed by atoms with van der Waals surface area (Å²) in [6.45, 7) is 15.2. The number of carbonyl (C=O) groups is 2. The first-order valence-electron chi connectivity index (χ1n) is 9.76. The molecule has 0 spiro atoms. The lowest BCUT2D eigenvalue weighted by atomic mass is 10.0. The zero-order valence-electron chi connectivity index (χ0n) is 16.2. The number of nitrogens with zero attached hydrogens (tertiary/aromatic N) is 3. The van der Waals surface area contributed by atoms with Crippen molar-refractivity contribution < 1.29 is 14.3 Å². The molecule has 0 bridgehead atoms. The average molecular weight is 354 g/mol. The van der Waals surface area contributed by atoms with E-state index in [4.69, 9.17) is 4.74 Å². The molecule has 25 heavy (non-hydrogen) atoms. The third kappa shape index (κ3) is 7.13. The summed E-state index contributed by atoms with van der Waals surface area (Å²) >= 11 is 0. The highest BCUT2D eigenvalue weighted by atomic mass is 16.5. The molecule has 6 heteroatoms. The molecule has 0 radical (unpaired) electrons. The fourth-order valence-corrected chi connectivity index (χ4v) is 3.25. The Bertz CT molecular complexity index is 428. The van der Waals surface area contributed by atoms with Crippen LogP contribution in [0, 0.1) is 11.8 Å². The Morgan fingerprint density at radius 1 is 0.800 bits per heavy atom. The van der Waals surface area contributed by atoms with E-state index < -0.39 is 0 Å². The van der Waals surface area contributed by atoms with Crippen molar-refractivity contribution in [3.63, 3.8) is 0 Å². The summed E-state index contributed by atoms with van der Waals surface area (Å²) in [5.74, 6) is 0.915. The van der Waals surface area contributed by atoms with Crippen LogP contribution in [0.15, 0.2) is 0 Å². The zero-order chi connectivity index (χ0) is 18.2. The highest BCUT2D eigenvalue weighted by molar-refractivity contribution is 5.82. The van der Waals surface area contributed by atoms with E-state index in [1.165, 1.54) is 0 Å². The van der Waals surface area contributed by atoms with E-state index >= 15 is 0 Å². The van der Waals surface area contributed by atoms with Crippen LogP contribution in [0.5, 0.6) is 0 Å². The number of rotatable bonds is 9. The number of carbonyl (C=O) groups excluding carboxylic acids is 2. The first-order chi connectivity index (χ1) is 12.0. The van der Waals surface area contributed by atoms with Gasteiger partial charge in [-0.2, -0.15) is 0 Å². The second-order valence-corrected chi connectivity index (χ2v) is 7.78. The van der Waals surface area contributed by atoms with Crippen molar-refractivity contribution in [1.29, 1.82) is 0 Å². The molecule has 0 saturated carbocycles. The van der Waals surface area contributed by atoms with Crippen molar-refractivity contribution >= 4 is 11.6 Å². The van der Waals surface area contributed by atoms with E-state index in [9.17, 15) is 9.59 Å². The van der Waals surface area contributed by atoms with Gasteiger partial charge in [-0.1, -0.05) is 20.8 Å². The first-order valence-corrected chi connectivity index (χ1v) is 9.76. The molecule has 0 aliphatic carbocycles. The Labute approximate surface area is 152 Å². The van der Waals surface area contributed by atoms with Gasteiger partial charge in [0.25, 0.3) is 0 Å². The van der Waals surface area contributed by atoms with Crippen LogP contribution >= 0.6 is 0 Å². The van der Waals surface area contributed by atoms with Gasteiger partial charge in [0.1, 0.15) is 11.6 Å². The smallest absolute Gasteiger partial charge is 0.149 e. The second-order valence-electron chi connectivity index (χ2n) is 7.78. The van der Waals surface area contributed by atoms with Gasteiger partial charge in [-0.05, 0) is 13.0 Å². The van der Waals surface area contributed by atoms with Gasteiger partial charge in [0.05, 0.1) is 26.3 Å². The Balaban J connectivity index is 1.61. The molecule has 0 aromatic heterocycles. The summed E-state index contributed by atoms with van der Waals surface area (Å²) in [6, 6.07) is 0. The fourth-order valence-electron chi connectivity index (χ4n) is 3.25. The minimum Gasteiger partial charge on any atom is -0.379 e. The van der Waals surface area contributed by atoms with Crippen molar-refractivity contribution in [2.45, 2.75) is 27.2 Å². The van der Waals surface area contributed by atoms with E-state index in [0.717, 1.165) is 65.4 Å². The maximum atomic E-state index is 12.4. The highest BCUT2D eigenvalue weighted by Crippen LogP contribution is 2.10. The number of piperazine rings is 1. The molecule has 0 aromatic carbocycles. The minimum atomic E-state index is 0.114. The summed E-state index contributed by atoms with van der Waals surface area (Å²) in [5.41, 5.74) is 0. The van der Waals surface area contributed by atoms with Crippen LogP contribution in [-0.4, -0.2) is 98.4 Å². The fraction of sp³-hybridized carbons (Fsp3) is 0.895. The number of ketones is 2. The SMILES string of the molecule is CC(C)C(=O)CN1CCN(CCC(C)C(=O)CN2CCOCC2)CC1. The topological polar surface area (TPSA) is 53.1 Å². The van der Waals surface area contributed by atoms with Crippen molar-refractivity contribution in [3.8, 4) is 0 Å². The standard InChI is InChI=1S/C19H35N3O3/c1-16(2)18(23)14-21-8-6-20(7-9-21)5-4-17(3)19(24)15-22-10-12-25-13-11-22/h16-17H,4-15H2,1-3H3. The predicted octanol–water partition coefficient (Wildman–Crippen LogP) is 0.757.